The predicted octanol–water partition coefficient (Wildman–Crippen LogP) is 4.99. The van der Waals surface area contributed by atoms with Gasteiger partial charge in [0.1, 0.15) is 6.29 Å². The second kappa shape index (κ2) is 8.65. The molecule has 0 saturated carbocycles. The van der Waals surface area contributed by atoms with Crippen molar-refractivity contribution in [3.8, 4) is 11.1 Å². The van der Waals surface area contributed by atoms with Crippen molar-refractivity contribution < 1.29 is 9.90 Å². The Morgan fingerprint density at radius 1 is 1.06 bits per heavy atom. The Kier molecular flexibility index (Phi) is 5.63. The van der Waals surface area contributed by atoms with Crippen LogP contribution >= 0.6 is 11.6 Å². The number of halogens is 1. The summed E-state index contributed by atoms with van der Waals surface area (Å²) in [6.45, 7) is 1.77. The lowest BCUT2D eigenvalue weighted by molar-refractivity contribution is 0.111. The standard InChI is InChI=1S/C28H22ClN3O3/c1-17-26(19-4-3-5-22(29)12-19)23-13-21(10-11-24(23)31-27(17)34)28(35,25-14-30-16-32(25)2)20-8-6-18(15-33)7-9-20/h3-16,35H,1-2H3,(H,31,34). The number of rotatable bonds is 5. The number of aryl methyl sites for hydroxylation is 1. The van der Waals surface area contributed by atoms with Gasteiger partial charge in [-0.1, -0.05) is 54.1 Å². The highest BCUT2D eigenvalue weighted by molar-refractivity contribution is 6.30. The lowest BCUT2D eigenvalue weighted by atomic mass is 9.82. The van der Waals surface area contributed by atoms with Crippen LogP contribution in [0.25, 0.3) is 22.0 Å². The molecular weight excluding hydrogens is 462 g/mol. The van der Waals surface area contributed by atoms with Gasteiger partial charge in [-0.3, -0.25) is 9.59 Å². The zero-order chi connectivity index (χ0) is 24.7. The fourth-order valence-electron chi connectivity index (χ4n) is 4.60. The van der Waals surface area contributed by atoms with Crippen molar-refractivity contribution >= 4 is 28.8 Å². The van der Waals surface area contributed by atoms with Gasteiger partial charge in [-0.25, -0.2) is 4.98 Å². The van der Waals surface area contributed by atoms with Crippen LogP contribution in [-0.2, 0) is 12.6 Å². The molecule has 1 unspecified atom stereocenters. The number of benzene rings is 3. The first-order chi connectivity index (χ1) is 16.8. The number of nitrogens with one attached hydrogen (secondary N) is 1. The third kappa shape index (κ3) is 3.77. The van der Waals surface area contributed by atoms with E-state index in [1.54, 1.807) is 66.5 Å². The molecule has 0 aliphatic heterocycles. The minimum absolute atomic E-state index is 0.188. The highest BCUT2D eigenvalue weighted by atomic mass is 35.5. The molecule has 0 radical (unpaired) electrons. The molecule has 5 rings (SSSR count). The molecule has 0 saturated heterocycles. The number of aldehydes is 1. The van der Waals surface area contributed by atoms with Crippen molar-refractivity contribution in [2.24, 2.45) is 7.05 Å². The van der Waals surface area contributed by atoms with E-state index >= 15 is 0 Å². The largest absolute Gasteiger partial charge is 0.374 e. The van der Waals surface area contributed by atoms with Crippen LogP contribution < -0.4 is 5.56 Å². The summed E-state index contributed by atoms with van der Waals surface area (Å²) in [6, 6.07) is 19.6. The Bertz CT molecular complexity index is 1640. The number of hydrogen-bond donors (Lipinski definition) is 2. The second-order valence-corrected chi connectivity index (χ2v) is 9.00. The van der Waals surface area contributed by atoms with Crippen LogP contribution in [0.2, 0.25) is 5.02 Å². The summed E-state index contributed by atoms with van der Waals surface area (Å²) < 4.78 is 1.76. The van der Waals surface area contributed by atoms with Gasteiger partial charge >= 0.3 is 0 Å². The first-order valence-electron chi connectivity index (χ1n) is 11.0. The summed E-state index contributed by atoms with van der Waals surface area (Å²) in [5.74, 6) is 0. The first-order valence-corrected chi connectivity index (χ1v) is 11.4. The quantitative estimate of drug-likeness (QED) is 0.345. The number of aromatic amines is 1. The third-order valence-electron chi connectivity index (χ3n) is 6.44. The molecule has 6 nitrogen and oxygen atoms in total. The van der Waals surface area contributed by atoms with Crippen molar-refractivity contribution in [1.82, 2.24) is 14.5 Å². The van der Waals surface area contributed by atoms with Crippen molar-refractivity contribution in [3.63, 3.8) is 0 Å². The summed E-state index contributed by atoms with van der Waals surface area (Å²) in [7, 11) is 1.81. The predicted molar refractivity (Wildman–Crippen MR) is 137 cm³/mol. The van der Waals surface area contributed by atoms with Gasteiger partial charge in [0.15, 0.2) is 5.60 Å². The number of carbonyl (C=O) groups excluding carboxylic acids is 1. The molecule has 1 atom stereocenters. The Morgan fingerprint density at radius 3 is 2.46 bits per heavy atom. The summed E-state index contributed by atoms with van der Waals surface area (Å²) in [6.07, 6.45) is 4.01. The fourth-order valence-corrected chi connectivity index (χ4v) is 4.79. The molecule has 7 heteroatoms. The molecule has 0 aliphatic carbocycles. The maximum Gasteiger partial charge on any atom is 0.251 e. The molecule has 35 heavy (non-hydrogen) atoms. The number of hydrogen-bond acceptors (Lipinski definition) is 4. The number of fused-ring (bicyclic) bond motifs is 1. The van der Waals surface area contributed by atoms with E-state index in [9.17, 15) is 14.7 Å². The Labute approximate surface area is 206 Å². The fraction of sp³-hybridized carbons (Fsp3) is 0.107. The van der Waals surface area contributed by atoms with Gasteiger partial charge in [-0.05, 0) is 53.4 Å². The SMILES string of the molecule is Cc1c(-c2cccc(Cl)c2)c2cc(C(O)(c3ccc(C=O)cc3)c3cncn3C)ccc2[nH]c1=O. The molecule has 5 aromatic rings. The average molecular weight is 484 g/mol. The topological polar surface area (TPSA) is 88.0 Å². The zero-order valence-electron chi connectivity index (χ0n) is 19.1. The molecule has 0 amide bonds. The van der Waals surface area contributed by atoms with Crippen LogP contribution in [-0.4, -0.2) is 25.9 Å². The van der Waals surface area contributed by atoms with Gasteiger partial charge < -0.3 is 14.7 Å². The molecule has 2 aromatic heterocycles. The number of aromatic nitrogens is 3. The first kappa shape index (κ1) is 22.8. The molecule has 0 spiro atoms. The molecule has 2 N–H and O–H groups in total. The molecule has 0 bridgehead atoms. The minimum Gasteiger partial charge on any atom is -0.374 e. The van der Waals surface area contributed by atoms with Gasteiger partial charge in [0.2, 0.25) is 0 Å². The molecule has 3 aromatic carbocycles. The number of pyridine rings is 1. The summed E-state index contributed by atoms with van der Waals surface area (Å²) in [5.41, 5.74) is 3.22. The van der Waals surface area contributed by atoms with Gasteiger partial charge in [0, 0.05) is 34.1 Å². The number of carbonyl (C=O) groups is 1. The normalized spacial score (nSPS) is 13.0. The van der Waals surface area contributed by atoms with Gasteiger partial charge in [0.25, 0.3) is 5.56 Å². The zero-order valence-corrected chi connectivity index (χ0v) is 19.9. The van der Waals surface area contributed by atoms with Crippen molar-refractivity contribution in [2.45, 2.75) is 12.5 Å². The van der Waals surface area contributed by atoms with Crippen LogP contribution in [0.15, 0.2) is 84.0 Å². The van der Waals surface area contributed by atoms with Crippen molar-refractivity contribution in [2.75, 3.05) is 0 Å². The minimum atomic E-state index is -1.57. The third-order valence-corrected chi connectivity index (χ3v) is 6.67. The summed E-state index contributed by atoms with van der Waals surface area (Å²) in [5, 5.41) is 13.6. The molecular formula is C28H22ClN3O3. The van der Waals surface area contributed by atoms with E-state index in [0.29, 0.717) is 38.5 Å². The number of nitrogens with zero attached hydrogens (tertiary/aromatic N) is 2. The van der Waals surface area contributed by atoms with E-state index < -0.39 is 5.60 Å². The molecule has 174 valence electrons. The van der Waals surface area contributed by atoms with E-state index in [1.165, 1.54) is 0 Å². The van der Waals surface area contributed by atoms with Crippen LogP contribution in [0.5, 0.6) is 0 Å². The van der Waals surface area contributed by atoms with Crippen LogP contribution in [0, 0.1) is 6.92 Å². The molecule has 0 fully saturated rings. The monoisotopic (exact) mass is 483 g/mol. The van der Waals surface area contributed by atoms with E-state index in [1.807, 2.05) is 31.3 Å². The summed E-state index contributed by atoms with van der Waals surface area (Å²) in [4.78, 5) is 31.1. The smallest absolute Gasteiger partial charge is 0.251 e. The summed E-state index contributed by atoms with van der Waals surface area (Å²) >= 11 is 6.27. The highest BCUT2D eigenvalue weighted by Crippen LogP contribution is 2.39. The van der Waals surface area contributed by atoms with E-state index in [2.05, 4.69) is 9.97 Å². The van der Waals surface area contributed by atoms with Crippen LogP contribution in [0.1, 0.15) is 32.7 Å². The van der Waals surface area contributed by atoms with Crippen LogP contribution in [0.4, 0.5) is 0 Å². The number of imidazole rings is 1. The van der Waals surface area contributed by atoms with E-state index in [4.69, 9.17) is 11.6 Å². The average Bonchev–Trinajstić information content (AvgIpc) is 3.30. The van der Waals surface area contributed by atoms with Gasteiger partial charge in [-0.15, -0.1) is 0 Å². The second-order valence-electron chi connectivity index (χ2n) is 8.56. The highest BCUT2D eigenvalue weighted by Gasteiger charge is 2.37. The van der Waals surface area contributed by atoms with Gasteiger partial charge in [0.05, 0.1) is 18.2 Å². The number of H-pyrrole nitrogens is 1. The Balaban J connectivity index is 1.83. The Hall–Kier alpha value is -4.00. The van der Waals surface area contributed by atoms with E-state index in [-0.39, 0.29) is 5.56 Å². The van der Waals surface area contributed by atoms with Crippen molar-refractivity contribution in [3.05, 3.63) is 123 Å². The lowest BCUT2D eigenvalue weighted by Gasteiger charge is -2.30. The van der Waals surface area contributed by atoms with Crippen LogP contribution in [0.3, 0.4) is 0 Å². The molecule has 0 aliphatic rings. The maximum atomic E-state index is 12.7. The van der Waals surface area contributed by atoms with E-state index in [0.717, 1.165) is 22.8 Å². The van der Waals surface area contributed by atoms with Gasteiger partial charge in [-0.2, -0.15) is 0 Å². The Morgan fingerprint density at radius 2 is 1.80 bits per heavy atom. The number of aliphatic hydroxyl groups is 1. The maximum absolute atomic E-state index is 12.7. The lowest BCUT2D eigenvalue weighted by Crippen LogP contribution is -2.31. The van der Waals surface area contributed by atoms with Crippen molar-refractivity contribution in [1.29, 1.82) is 0 Å². The molecule has 2 heterocycles.